The van der Waals surface area contributed by atoms with Crippen LogP contribution in [0.4, 0.5) is 10.6 Å². The Morgan fingerprint density at radius 2 is 2.07 bits per heavy atom. The molecule has 1 saturated heterocycles. The lowest BCUT2D eigenvalue weighted by molar-refractivity contribution is -0.121. The highest BCUT2D eigenvalue weighted by Gasteiger charge is 2.20. The van der Waals surface area contributed by atoms with Crippen LogP contribution in [0.2, 0.25) is 0 Å². The molecule has 2 N–H and O–H groups in total. The molecular formula is C18H20N6O3. The Kier molecular flexibility index (Phi) is 6.02. The Morgan fingerprint density at radius 3 is 2.78 bits per heavy atom. The lowest BCUT2D eigenvalue weighted by Crippen LogP contribution is -2.51. The Balaban J connectivity index is 1.40. The summed E-state index contributed by atoms with van der Waals surface area (Å²) in [6.45, 7) is 3.09. The molecule has 27 heavy (non-hydrogen) atoms. The molecule has 0 bridgehead atoms. The molecule has 3 heterocycles. The maximum Gasteiger partial charge on any atom is 0.321 e. The number of nitrogens with zero attached hydrogens (tertiary/aromatic N) is 4. The van der Waals surface area contributed by atoms with Gasteiger partial charge in [-0.1, -0.05) is 0 Å². The number of urea groups is 1. The summed E-state index contributed by atoms with van der Waals surface area (Å²) in [5.74, 6) is 1.02. The zero-order valence-corrected chi connectivity index (χ0v) is 14.7. The molecule has 1 aliphatic heterocycles. The zero-order valence-electron chi connectivity index (χ0n) is 14.7. The highest BCUT2D eigenvalue weighted by Crippen LogP contribution is 2.14. The fourth-order valence-corrected chi connectivity index (χ4v) is 2.79. The van der Waals surface area contributed by atoms with Crippen LogP contribution >= 0.6 is 0 Å². The van der Waals surface area contributed by atoms with Crippen LogP contribution in [0.3, 0.4) is 0 Å². The number of hydrogen-bond donors (Lipinski definition) is 2. The summed E-state index contributed by atoms with van der Waals surface area (Å²) >= 11 is 0. The number of aromatic nitrogens is 1. The minimum atomic E-state index is -0.549. The first-order valence-corrected chi connectivity index (χ1v) is 8.57. The summed E-state index contributed by atoms with van der Waals surface area (Å²) in [4.78, 5) is 32.1. The molecule has 3 rings (SSSR count). The van der Waals surface area contributed by atoms with E-state index in [1.165, 1.54) is 6.26 Å². The van der Waals surface area contributed by atoms with Crippen molar-refractivity contribution in [2.75, 3.05) is 37.6 Å². The van der Waals surface area contributed by atoms with Crippen LogP contribution < -0.4 is 15.5 Å². The molecule has 140 valence electrons. The van der Waals surface area contributed by atoms with E-state index in [-0.39, 0.29) is 19.0 Å². The highest BCUT2D eigenvalue weighted by atomic mass is 16.3. The number of pyridine rings is 1. The fraction of sp³-hybridized carbons (Fsp3) is 0.333. The smallest absolute Gasteiger partial charge is 0.321 e. The van der Waals surface area contributed by atoms with Gasteiger partial charge in [0.2, 0.25) is 5.91 Å². The maximum atomic E-state index is 12.0. The summed E-state index contributed by atoms with van der Waals surface area (Å²) in [7, 11) is 0. The lowest BCUT2D eigenvalue weighted by atomic mass is 10.2. The van der Waals surface area contributed by atoms with Gasteiger partial charge < -0.3 is 14.6 Å². The third kappa shape index (κ3) is 5.29. The van der Waals surface area contributed by atoms with E-state index in [0.29, 0.717) is 37.5 Å². The van der Waals surface area contributed by atoms with Gasteiger partial charge in [0.05, 0.1) is 31.0 Å². The third-order valence-electron chi connectivity index (χ3n) is 4.19. The molecule has 1 fully saturated rings. The van der Waals surface area contributed by atoms with Gasteiger partial charge in [0, 0.05) is 32.4 Å². The van der Waals surface area contributed by atoms with Gasteiger partial charge in [0.25, 0.3) is 0 Å². The number of hydrogen-bond acceptors (Lipinski definition) is 7. The van der Waals surface area contributed by atoms with Crippen molar-refractivity contribution in [2.24, 2.45) is 0 Å². The predicted octanol–water partition coefficient (Wildman–Crippen LogP) is 0.694. The SMILES string of the molecule is N#Cc1ccnc(N2CCN(CC(=O)NC(=O)NCc3ccco3)CC2)c1. The summed E-state index contributed by atoms with van der Waals surface area (Å²) in [6.07, 6.45) is 3.14. The largest absolute Gasteiger partial charge is 0.467 e. The van der Waals surface area contributed by atoms with Crippen molar-refractivity contribution in [3.63, 3.8) is 0 Å². The van der Waals surface area contributed by atoms with E-state index >= 15 is 0 Å². The molecule has 0 atom stereocenters. The first-order chi connectivity index (χ1) is 13.1. The highest BCUT2D eigenvalue weighted by molar-refractivity contribution is 5.95. The van der Waals surface area contributed by atoms with Crippen molar-refractivity contribution in [1.29, 1.82) is 5.26 Å². The second-order valence-corrected chi connectivity index (χ2v) is 6.09. The van der Waals surface area contributed by atoms with Gasteiger partial charge in [-0.3, -0.25) is 15.0 Å². The normalized spacial score (nSPS) is 14.4. The first kappa shape index (κ1) is 18.4. The van der Waals surface area contributed by atoms with Crippen molar-refractivity contribution in [3.05, 3.63) is 48.0 Å². The Hall–Kier alpha value is -3.38. The monoisotopic (exact) mass is 368 g/mol. The van der Waals surface area contributed by atoms with E-state index in [4.69, 9.17) is 9.68 Å². The number of imide groups is 1. The van der Waals surface area contributed by atoms with Gasteiger partial charge in [-0.15, -0.1) is 0 Å². The van der Waals surface area contributed by atoms with E-state index < -0.39 is 6.03 Å². The summed E-state index contributed by atoms with van der Waals surface area (Å²) in [6, 6.07) is 8.45. The minimum absolute atomic E-state index is 0.147. The number of furan rings is 1. The van der Waals surface area contributed by atoms with Crippen molar-refractivity contribution >= 4 is 17.8 Å². The van der Waals surface area contributed by atoms with Gasteiger partial charge in [0.15, 0.2) is 0 Å². The van der Waals surface area contributed by atoms with Crippen molar-refractivity contribution in [1.82, 2.24) is 20.5 Å². The van der Waals surface area contributed by atoms with Crippen LogP contribution in [-0.2, 0) is 11.3 Å². The summed E-state index contributed by atoms with van der Waals surface area (Å²) < 4.78 is 5.11. The fourth-order valence-electron chi connectivity index (χ4n) is 2.79. The molecule has 0 aliphatic carbocycles. The maximum absolute atomic E-state index is 12.0. The van der Waals surface area contributed by atoms with E-state index in [2.05, 4.69) is 26.6 Å². The quantitative estimate of drug-likeness (QED) is 0.798. The van der Waals surface area contributed by atoms with Crippen LogP contribution in [0.5, 0.6) is 0 Å². The molecular weight excluding hydrogens is 348 g/mol. The first-order valence-electron chi connectivity index (χ1n) is 8.57. The molecule has 0 spiro atoms. The number of rotatable bonds is 5. The molecule has 2 aromatic rings. The second kappa shape index (κ2) is 8.82. The molecule has 0 unspecified atom stereocenters. The van der Waals surface area contributed by atoms with Gasteiger partial charge in [0.1, 0.15) is 11.6 Å². The Labute approximate surface area is 156 Å². The van der Waals surface area contributed by atoms with E-state index in [1.54, 1.807) is 30.5 Å². The van der Waals surface area contributed by atoms with Crippen LogP contribution in [-0.4, -0.2) is 54.5 Å². The minimum Gasteiger partial charge on any atom is -0.467 e. The lowest BCUT2D eigenvalue weighted by Gasteiger charge is -2.34. The van der Waals surface area contributed by atoms with Crippen molar-refractivity contribution in [3.8, 4) is 6.07 Å². The van der Waals surface area contributed by atoms with E-state index in [1.807, 2.05) is 4.90 Å². The Bertz CT molecular complexity index is 822. The standard InChI is InChI=1S/C18H20N6O3/c19-11-14-3-4-20-16(10-14)24-7-5-23(6-8-24)13-17(25)22-18(26)21-12-15-2-1-9-27-15/h1-4,9-10H,5-8,12-13H2,(H2,21,22,25,26). The summed E-state index contributed by atoms with van der Waals surface area (Å²) in [5.41, 5.74) is 0.572. The van der Waals surface area contributed by atoms with Crippen molar-refractivity contribution < 1.29 is 14.0 Å². The summed E-state index contributed by atoms with van der Waals surface area (Å²) in [5, 5.41) is 13.9. The van der Waals surface area contributed by atoms with Crippen LogP contribution in [0.15, 0.2) is 41.1 Å². The molecule has 2 aromatic heterocycles. The number of amides is 3. The average molecular weight is 368 g/mol. The van der Waals surface area contributed by atoms with E-state index in [0.717, 1.165) is 5.82 Å². The van der Waals surface area contributed by atoms with Gasteiger partial charge in [-0.25, -0.2) is 9.78 Å². The number of carbonyl (C=O) groups is 2. The number of nitrogens with one attached hydrogen (secondary N) is 2. The van der Waals surface area contributed by atoms with E-state index in [9.17, 15) is 9.59 Å². The van der Waals surface area contributed by atoms with Crippen LogP contribution in [0, 0.1) is 11.3 Å². The van der Waals surface area contributed by atoms with Gasteiger partial charge in [-0.05, 0) is 24.3 Å². The predicted molar refractivity (Wildman–Crippen MR) is 96.7 cm³/mol. The zero-order chi connectivity index (χ0) is 19.1. The average Bonchev–Trinajstić information content (AvgIpc) is 3.20. The molecule has 0 saturated carbocycles. The molecule has 3 amide bonds. The van der Waals surface area contributed by atoms with Gasteiger partial charge in [-0.2, -0.15) is 5.26 Å². The van der Waals surface area contributed by atoms with Gasteiger partial charge >= 0.3 is 6.03 Å². The van der Waals surface area contributed by atoms with Crippen LogP contribution in [0.25, 0.3) is 0 Å². The number of anilines is 1. The third-order valence-corrected chi connectivity index (χ3v) is 4.19. The second-order valence-electron chi connectivity index (χ2n) is 6.09. The Morgan fingerprint density at radius 1 is 1.26 bits per heavy atom. The molecule has 1 aliphatic rings. The molecule has 0 radical (unpaired) electrons. The molecule has 9 heteroatoms. The number of carbonyl (C=O) groups excluding carboxylic acids is 2. The topological polar surface area (TPSA) is 115 Å². The van der Waals surface area contributed by atoms with Crippen molar-refractivity contribution in [2.45, 2.75) is 6.54 Å². The number of nitriles is 1. The van der Waals surface area contributed by atoms with Crippen LogP contribution in [0.1, 0.15) is 11.3 Å². The molecule has 0 aromatic carbocycles. The molecule has 9 nitrogen and oxygen atoms in total. The number of piperazine rings is 1.